The van der Waals surface area contributed by atoms with Crippen LogP contribution in [0.1, 0.15) is 33.9 Å². The average molecular weight is 431 g/mol. The van der Waals surface area contributed by atoms with E-state index in [1.165, 1.54) is 29.2 Å². The van der Waals surface area contributed by atoms with Gasteiger partial charge in [0.2, 0.25) is 0 Å². The van der Waals surface area contributed by atoms with Gasteiger partial charge in [0.25, 0.3) is 11.7 Å². The molecule has 162 valence electrons. The summed E-state index contributed by atoms with van der Waals surface area (Å²) in [5.41, 5.74) is 3.34. The van der Waals surface area contributed by atoms with Crippen molar-refractivity contribution in [3.05, 3.63) is 106 Å². The molecule has 1 unspecified atom stereocenters. The molecule has 0 spiro atoms. The fourth-order valence-electron chi connectivity index (χ4n) is 3.97. The Bertz CT molecular complexity index is 1230. The maximum atomic E-state index is 13.3. The van der Waals surface area contributed by atoms with E-state index in [4.69, 9.17) is 0 Å². The highest BCUT2D eigenvalue weighted by molar-refractivity contribution is 6.46. The van der Waals surface area contributed by atoms with E-state index >= 15 is 0 Å². The van der Waals surface area contributed by atoms with Crippen LogP contribution in [0.15, 0.2) is 72.3 Å². The van der Waals surface area contributed by atoms with Gasteiger partial charge in [-0.25, -0.2) is 4.39 Å². The topological polar surface area (TPSA) is 77.8 Å². The number of hydrogen-bond acceptors (Lipinski definition) is 4. The first-order valence-electron chi connectivity index (χ1n) is 10.2. The van der Waals surface area contributed by atoms with Crippen molar-refractivity contribution in [3.8, 4) is 5.75 Å². The number of aryl methyl sites for hydroxylation is 2. The van der Waals surface area contributed by atoms with E-state index in [1.807, 2.05) is 26.0 Å². The third-order valence-electron chi connectivity index (χ3n) is 5.66. The number of hydrogen-bond donors (Lipinski definition) is 2. The predicted molar refractivity (Wildman–Crippen MR) is 118 cm³/mol. The van der Waals surface area contributed by atoms with Crippen LogP contribution in [0.3, 0.4) is 0 Å². The molecule has 0 bridgehead atoms. The molecule has 1 atom stereocenters. The highest BCUT2D eigenvalue weighted by Crippen LogP contribution is 2.41. The number of amides is 1. The summed E-state index contributed by atoms with van der Waals surface area (Å²) in [4.78, 5) is 27.5. The van der Waals surface area contributed by atoms with Crippen molar-refractivity contribution >= 4 is 17.4 Å². The van der Waals surface area contributed by atoms with Gasteiger partial charge in [0, 0.05) is 12.1 Å². The molecule has 0 saturated carbocycles. The number of benzene rings is 3. The largest absolute Gasteiger partial charge is 0.508 e. The van der Waals surface area contributed by atoms with Gasteiger partial charge in [0.1, 0.15) is 17.3 Å². The molecule has 32 heavy (non-hydrogen) atoms. The number of aliphatic hydroxyl groups is 1. The molecule has 0 radical (unpaired) electrons. The van der Waals surface area contributed by atoms with Gasteiger partial charge in [-0.15, -0.1) is 0 Å². The zero-order valence-electron chi connectivity index (χ0n) is 17.7. The lowest BCUT2D eigenvalue weighted by Crippen LogP contribution is -2.29. The van der Waals surface area contributed by atoms with E-state index < -0.39 is 23.5 Å². The molecule has 1 saturated heterocycles. The molecule has 5 nitrogen and oxygen atoms in total. The molecule has 0 aliphatic carbocycles. The van der Waals surface area contributed by atoms with E-state index in [0.717, 1.165) is 11.1 Å². The van der Waals surface area contributed by atoms with Crippen molar-refractivity contribution in [2.45, 2.75) is 26.4 Å². The van der Waals surface area contributed by atoms with Gasteiger partial charge in [-0.05, 0) is 60.9 Å². The van der Waals surface area contributed by atoms with Crippen LogP contribution >= 0.6 is 0 Å². The smallest absolute Gasteiger partial charge is 0.295 e. The fraction of sp³-hybridized carbons (Fsp3) is 0.154. The summed E-state index contributed by atoms with van der Waals surface area (Å²) in [5, 5.41) is 20.9. The van der Waals surface area contributed by atoms with Crippen LogP contribution in [0, 0.1) is 19.7 Å². The number of halogens is 1. The highest BCUT2D eigenvalue weighted by atomic mass is 19.1. The summed E-state index contributed by atoms with van der Waals surface area (Å²) in [6, 6.07) is 16.5. The van der Waals surface area contributed by atoms with Gasteiger partial charge in [-0.2, -0.15) is 0 Å². The summed E-state index contributed by atoms with van der Waals surface area (Å²) >= 11 is 0. The number of phenols is 1. The average Bonchev–Trinajstić information content (AvgIpc) is 3.02. The molecule has 1 heterocycles. The standard InChI is InChI=1S/C26H22FNO4/c1-15-3-4-16(2)21(13-15)24(30)22-23(18-7-11-20(29)12-8-18)28(26(32)25(22)31)14-17-5-9-19(27)10-6-17/h3-13,23,29-30H,14H2,1-2H3/b24-22+. The summed E-state index contributed by atoms with van der Waals surface area (Å²) in [5.74, 6) is -2.15. The van der Waals surface area contributed by atoms with E-state index in [9.17, 15) is 24.2 Å². The van der Waals surface area contributed by atoms with Crippen LogP contribution in [0.4, 0.5) is 4.39 Å². The van der Waals surface area contributed by atoms with Crippen molar-refractivity contribution < 1.29 is 24.2 Å². The molecular formula is C26H22FNO4. The summed E-state index contributed by atoms with van der Waals surface area (Å²) in [6.07, 6.45) is 0. The Kier molecular flexibility index (Phi) is 5.53. The summed E-state index contributed by atoms with van der Waals surface area (Å²) in [7, 11) is 0. The molecule has 0 aromatic heterocycles. The van der Waals surface area contributed by atoms with Gasteiger partial charge in [-0.1, -0.05) is 42.0 Å². The summed E-state index contributed by atoms with van der Waals surface area (Å²) in [6.45, 7) is 3.75. The molecule has 1 aliphatic rings. The Morgan fingerprint density at radius 2 is 1.62 bits per heavy atom. The highest BCUT2D eigenvalue weighted by Gasteiger charge is 2.46. The number of nitrogens with zero attached hydrogens (tertiary/aromatic N) is 1. The van der Waals surface area contributed by atoms with Crippen LogP contribution in [0.5, 0.6) is 5.75 Å². The molecular weight excluding hydrogens is 409 g/mol. The number of aliphatic hydroxyl groups excluding tert-OH is 1. The molecule has 6 heteroatoms. The Morgan fingerprint density at radius 1 is 0.969 bits per heavy atom. The van der Waals surface area contributed by atoms with Crippen LogP contribution < -0.4 is 0 Å². The van der Waals surface area contributed by atoms with Gasteiger partial charge < -0.3 is 15.1 Å². The SMILES string of the molecule is Cc1ccc(C)c(/C(O)=C2\C(=O)C(=O)N(Cc3ccc(F)cc3)C2c2ccc(O)cc2)c1. The molecule has 1 amide bonds. The van der Waals surface area contributed by atoms with Crippen LogP contribution in [-0.4, -0.2) is 26.8 Å². The lowest BCUT2D eigenvalue weighted by atomic mass is 9.93. The first-order valence-corrected chi connectivity index (χ1v) is 10.2. The molecule has 4 rings (SSSR count). The first-order chi connectivity index (χ1) is 15.3. The van der Waals surface area contributed by atoms with Gasteiger partial charge in [0.15, 0.2) is 0 Å². The van der Waals surface area contributed by atoms with Gasteiger partial charge in [-0.3, -0.25) is 9.59 Å². The number of ketones is 1. The Balaban J connectivity index is 1.88. The Hall–Kier alpha value is -3.93. The second kappa shape index (κ2) is 8.30. The predicted octanol–water partition coefficient (Wildman–Crippen LogP) is 4.77. The van der Waals surface area contributed by atoms with Crippen molar-refractivity contribution in [1.82, 2.24) is 4.90 Å². The minimum atomic E-state index is -0.861. The lowest BCUT2D eigenvalue weighted by molar-refractivity contribution is -0.140. The number of carbonyl (C=O) groups excluding carboxylic acids is 2. The number of likely N-dealkylation sites (tertiary alicyclic amines) is 1. The van der Waals surface area contributed by atoms with Crippen molar-refractivity contribution in [2.75, 3.05) is 0 Å². The fourth-order valence-corrected chi connectivity index (χ4v) is 3.97. The first kappa shape index (κ1) is 21.3. The van der Waals surface area contributed by atoms with Crippen LogP contribution in [0.2, 0.25) is 0 Å². The monoisotopic (exact) mass is 431 g/mol. The Morgan fingerprint density at radius 3 is 2.28 bits per heavy atom. The normalized spacial score (nSPS) is 17.7. The van der Waals surface area contributed by atoms with Crippen LogP contribution in [-0.2, 0) is 16.1 Å². The van der Waals surface area contributed by atoms with Crippen molar-refractivity contribution in [3.63, 3.8) is 0 Å². The quantitative estimate of drug-likeness (QED) is 0.354. The number of carbonyl (C=O) groups is 2. The molecule has 3 aromatic rings. The number of Topliss-reactive ketones (excluding diaryl/α,β-unsaturated/α-hetero) is 1. The van der Waals surface area contributed by atoms with Gasteiger partial charge in [0.05, 0.1) is 11.6 Å². The number of rotatable bonds is 4. The maximum Gasteiger partial charge on any atom is 0.295 e. The Labute approximate surface area is 185 Å². The van der Waals surface area contributed by atoms with E-state index in [-0.39, 0.29) is 23.6 Å². The molecule has 3 aromatic carbocycles. The third-order valence-corrected chi connectivity index (χ3v) is 5.66. The minimum Gasteiger partial charge on any atom is -0.508 e. The van der Waals surface area contributed by atoms with Crippen molar-refractivity contribution in [2.24, 2.45) is 0 Å². The van der Waals surface area contributed by atoms with E-state index in [0.29, 0.717) is 16.7 Å². The van der Waals surface area contributed by atoms with E-state index in [2.05, 4.69) is 0 Å². The zero-order valence-corrected chi connectivity index (χ0v) is 17.7. The molecule has 1 aliphatic heterocycles. The zero-order chi connectivity index (χ0) is 23.0. The number of aromatic hydroxyl groups is 1. The second-order valence-corrected chi connectivity index (χ2v) is 7.96. The van der Waals surface area contributed by atoms with Gasteiger partial charge >= 0.3 is 0 Å². The lowest BCUT2D eigenvalue weighted by Gasteiger charge is -2.25. The molecule has 2 N–H and O–H groups in total. The third kappa shape index (κ3) is 3.87. The maximum absolute atomic E-state index is 13.3. The minimum absolute atomic E-state index is 0.0171. The van der Waals surface area contributed by atoms with E-state index in [1.54, 1.807) is 30.3 Å². The summed E-state index contributed by atoms with van der Waals surface area (Å²) < 4.78 is 13.3. The second-order valence-electron chi connectivity index (χ2n) is 7.96. The van der Waals surface area contributed by atoms with Crippen LogP contribution in [0.25, 0.3) is 5.76 Å². The number of phenolic OH excluding ortho intramolecular Hbond substituents is 1. The molecule has 1 fully saturated rings. The van der Waals surface area contributed by atoms with Crippen molar-refractivity contribution in [1.29, 1.82) is 0 Å².